The molecule has 0 N–H and O–H groups in total. The van der Waals surface area contributed by atoms with Crippen molar-refractivity contribution < 1.29 is 23.8 Å². The largest absolute Gasteiger partial charge is 0.459 e. The summed E-state index contributed by atoms with van der Waals surface area (Å²) in [4.78, 5) is 23.2. The number of rotatable bonds is 4. The Morgan fingerprint density at radius 2 is 1.95 bits per heavy atom. The molecule has 0 aromatic carbocycles. The van der Waals surface area contributed by atoms with Gasteiger partial charge in [-0.2, -0.15) is 0 Å². The van der Waals surface area contributed by atoms with Crippen molar-refractivity contribution in [2.75, 3.05) is 5.75 Å². The number of hydrogen-bond acceptors (Lipinski definition) is 6. The molecule has 0 aromatic heterocycles. The van der Waals surface area contributed by atoms with Crippen LogP contribution in [0.4, 0.5) is 0 Å². The lowest BCUT2D eigenvalue weighted by atomic mass is 9.75. The van der Waals surface area contributed by atoms with E-state index < -0.39 is 17.7 Å². The zero-order valence-corrected chi connectivity index (χ0v) is 14.6. The maximum absolute atomic E-state index is 12.3. The normalized spacial score (nSPS) is 35.4. The second-order valence-corrected chi connectivity index (χ2v) is 7.74. The third-order valence-corrected chi connectivity index (χ3v) is 5.45. The first-order valence-corrected chi connectivity index (χ1v) is 9.06. The van der Waals surface area contributed by atoms with Gasteiger partial charge in [-0.15, -0.1) is 11.8 Å². The van der Waals surface area contributed by atoms with E-state index in [1.807, 2.05) is 0 Å². The second-order valence-electron chi connectivity index (χ2n) is 6.64. The lowest BCUT2D eigenvalue weighted by molar-refractivity contribution is -0.185. The highest BCUT2D eigenvalue weighted by atomic mass is 32.2. The molecule has 0 aromatic rings. The van der Waals surface area contributed by atoms with Crippen LogP contribution in [-0.2, 0) is 23.8 Å². The van der Waals surface area contributed by atoms with Crippen molar-refractivity contribution in [2.45, 2.75) is 64.8 Å². The van der Waals surface area contributed by atoms with Crippen LogP contribution in [0.3, 0.4) is 0 Å². The molecular weight excluding hydrogens is 304 g/mol. The number of hydrogen-bond donors (Lipinski definition) is 0. The highest BCUT2D eigenvalue weighted by Gasteiger charge is 2.39. The summed E-state index contributed by atoms with van der Waals surface area (Å²) in [5, 5.41) is 0. The number of esters is 2. The average Bonchev–Trinajstić information content (AvgIpc) is 2.86. The summed E-state index contributed by atoms with van der Waals surface area (Å²) in [5.74, 6) is 1.21. The van der Waals surface area contributed by atoms with Crippen LogP contribution in [-0.4, -0.2) is 35.5 Å². The minimum Gasteiger partial charge on any atom is -0.459 e. The summed E-state index contributed by atoms with van der Waals surface area (Å²) in [6.07, 6.45) is 2.53. The molecule has 126 valence electrons. The average molecular weight is 330 g/mol. The Balaban J connectivity index is 1.88. The number of carbonyl (C=O) groups excluding carboxylic acids is 2. The van der Waals surface area contributed by atoms with Crippen molar-refractivity contribution in [3.05, 3.63) is 0 Å². The Morgan fingerprint density at radius 3 is 2.59 bits per heavy atom. The topological polar surface area (TPSA) is 61.8 Å². The fourth-order valence-electron chi connectivity index (χ4n) is 3.21. The lowest BCUT2D eigenvalue weighted by Crippen LogP contribution is -2.38. The quantitative estimate of drug-likeness (QED) is 0.739. The summed E-state index contributed by atoms with van der Waals surface area (Å²) < 4.78 is 16.2. The molecule has 5 nitrogen and oxygen atoms in total. The van der Waals surface area contributed by atoms with Gasteiger partial charge in [0.2, 0.25) is 11.7 Å². The summed E-state index contributed by atoms with van der Waals surface area (Å²) in [7, 11) is 0. The van der Waals surface area contributed by atoms with Crippen molar-refractivity contribution in [1.29, 1.82) is 0 Å². The molecule has 2 aliphatic rings. The SMILES string of the molecule is CC(=O)O[C@H]1CS[C@H](C(=O)OC2C[C@H](C)CCC2C(C)C)O1. The molecule has 1 aliphatic heterocycles. The summed E-state index contributed by atoms with van der Waals surface area (Å²) in [6, 6.07) is 0. The molecule has 22 heavy (non-hydrogen) atoms. The van der Waals surface area contributed by atoms with E-state index in [9.17, 15) is 9.59 Å². The Kier molecular flexibility index (Phi) is 6.15. The molecule has 1 saturated heterocycles. The minimum atomic E-state index is -0.686. The van der Waals surface area contributed by atoms with Crippen molar-refractivity contribution in [2.24, 2.45) is 17.8 Å². The van der Waals surface area contributed by atoms with Gasteiger partial charge in [-0.25, -0.2) is 4.79 Å². The third-order valence-electron chi connectivity index (χ3n) is 4.38. The molecule has 2 unspecified atom stereocenters. The van der Waals surface area contributed by atoms with Crippen LogP contribution in [0.25, 0.3) is 0 Å². The van der Waals surface area contributed by atoms with Crippen LogP contribution in [0.1, 0.15) is 47.0 Å². The van der Waals surface area contributed by atoms with E-state index >= 15 is 0 Å². The van der Waals surface area contributed by atoms with E-state index in [2.05, 4.69) is 20.8 Å². The van der Waals surface area contributed by atoms with Crippen LogP contribution in [0.5, 0.6) is 0 Å². The van der Waals surface area contributed by atoms with Crippen molar-refractivity contribution in [3.63, 3.8) is 0 Å². The standard InChI is InChI=1S/C16H26O5S/c1-9(2)12-6-5-10(3)7-13(12)20-15(18)16-21-14(8-22-16)19-11(4)17/h9-10,12-14,16H,5-8H2,1-4H3/t10-,12?,13?,14-,16-/m1/s1. The number of thioether (sulfide) groups is 1. The molecule has 1 aliphatic carbocycles. The van der Waals surface area contributed by atoms with Crippen molar-refractivity contribution in [3.8, 4) is 0 Å². The number of carbonyl (C=O) groups is 2. The molecule has 0 radical (unpaired) electrons. The van der Waals surface area contributed by atoms with E-state index in [1.165, 1.54) is 25.1 Å². The minimum absolute atomic E-state index is 0.0341. The second kappa shape index (κ2) is 7.68. The van der Waals surface area contributed by atoms with E-state index in [0.717, 1.165) is 12.8 Å². The van der Waals surface area contributed by atoms with Gasteiger partial charge in [0, 0.05) is 6.92 Å². The lowest BCUT2D eigenvalue weighted by Gasteiger charge is -2.37. The van der Waals surface area contributed by atoms with Gasteiger partial charge < -0.3 is 14.2 Å². The maximum atomic E-state index is 12.3. The first-order valence-electron chi connectivity index (χ1n) is 8.01. The van der Waals surface area contributed by atoms with Gasteiger partial charge in [0.1, 0.15) is 6.10 Å². The Bertz CT molecular complexity index is 411. The molecule has 1 heterocycles. The smallest absolute Gasteiger partial charge is 0.346 e. The fourth-order valence-corrected chi connectivity index (χ4v) is 4.08. The monoisotopic (exact) mass is 330 g/mol. The highest BCUT2D eigenvalue weighted by molar-refractivity contribution is 8.00. The first-order chi connectivity index (χ1) is 10.4. The Morgan fingerprint density at radius 1 is 1.23 bits per heavy atom. The van der Waals surface area contributed by atoms with Gasteiger partial charge in [0.15, 0.2) is 0 Å². The molecule has 0 bridgehead atoms. The van der Waals surface area contributed by atoms with Crippen LogP contribution in [0.2, 0.25) is 0 Å². The fraction of sp³-hybridized carbons (Fsp3) is 0.875. The van der Waals surface area contributed by atoms with Gasteiger partial charge >= 0.3 is 11.9 Å². The van der Waals surface area contributed by atoms with Crippen molar-refractivity contribution in [1.82, 2.24) is 0 Å². The van der Waals surface area contributed by atoms with Crippen LogP contribution >= 0.6 is 11.8 Å². The van der Waals surface area contributed by atoms with E-state index in [-0.39, 0.29) is 12.1 Å². The van der Waals surface area contributed by atoms with Gasteiger partial charge in [-0.3, -0.25) is 4.79 Å². The summed E-state index contributed by atoms with van der Waals surface area (Å²) in [6.45, 7) is 7.89. The summed E-state index contributed by atoms with van der Waals surface area (Å²) in [5.41, 5.74) is -0.686. The zero-order valence-electron chi connectivity index (χ0n) is 13.7. The van der Waals surface area contributed by atoms with E-state index in [1.54, 1.807) is 0 Å². The molecule has 0 spiro atoms. The van der Waals surface area contributed by atoms with Crippen LogP contribution in [0, 0.1) is 17.8 Å². The molecule has 2 fully saturated rings. The van der Waals surface area contributed by atoms with Crippen LogP contribution in [0.15, 0.2) is 0 Å². The van der Waals surface area contributed by atoms with E-state index in [0.29, 0.717) is 23.5 Å². The molecule has 6 heteroatoms. The highest BCUT2D eigenvalue weighted by Crippen LogP contribution is 2.36. The number of ether oxygens (including phenoxy) is 3. The molecule has 1 saturated carbocycles. The molecular formula is C16H26O5S. The Hall–Kier alpha value is -0.750. The molecule has 2 rings (SSSR count). The van der Waals surface area contributed by atoms with Gasteiger partial charge in [0.25, 0.3) is 0 Å². The van der Waals surface area contributed by atoms with Gasteiger partial charge in [-0.05, 0) is 30.6 Å². The predicted octanol–water partition coefficient (Wildman–Crippen LogP) is 2.97. The van der Waals surface area contributed by atoms with Gasteiger partial charge in [-0.1, -0.05) is 27.2 Å². The van der Waals surface area contributed by atoms with Gasteiger partial charge in [0.05, 0.1) is 5.75 Å². The molecule has 0 amide bonds. The van der Waals surface area contributed by atoms with Crippen molar-refractivity contribution >= 4 is 23.7 Å². The first kappa shape index (κ1) is 17.6. The maximum Gasteiger partial charge on any atom is 0.346 e. The third kappa shape index (κ3) is 4.62. The summed E-state index contributed by atoms with van der Waals surface area (Å²) >= 11 is 1.33. The zero-order chi connectivity index (χ0) is 16.3. The predicted molar refractivity (Wildman–Crippen MR) is 84.1 cm³/mol. The Labute approximate surface area is 136 Å². The van der Waals surface area contributed by atoms with E-state index in [4.69, 9.17) is 14.2 Å². The van der Waals surface area contributed by atoms with Crippen LogP contribution < -0.4 is 0 Å². The molecule has 5 atom stereocenters.